The Bertz CT molecular complexity index is 575. The maximum absolute atomic E-state index is 12.9. The van der Waals surface area contributed by atoms with Crippen LogP contribution in [0, 0.1) is 11.6 Å². The summed E-state index contributed by atoms with van der Waals surface area (Å²) in [5.74, 6) is -1.78. The summed E-state index contributed by atoms with van der Waals surface area (Å²) >= 11 is 0. The minimum atomic E-state index is -0.990. The molecule has 0 aliphatic heterocycles. The molecule has 5 heteroatoms. The molecule has 2 aromatic rings. The second-order valence-corrected chi connectivity index (χ2v) is 4.07. The van der Waals surface area contributed by atoms with Gasteiger partial charge >= 0.3 is 0 Å². The van der Waals surface area contributed by atoms with E-state index in [-0.39, 0.29) is 12.4 Å². The zero-order valence-corrected chi connectivity index (χ0v) is 10.0. The highest BCUT2D eigenvalue weighted by Gasteiger charge is 2.10. The Morgan fingerprint density at radius 2 is 1.89 bits per heavy atom. The van der Waals surface area contributed by atoms with Gasteiger partial charge in [0, 0.05) is 11.8 Å². The lowest BCUT2D eigenvalue weighted by molar-refractivity contribution is 0.108. The van der Waals surface area contributed by atoms with E-state index in [9.17, 15) is 13.9 Å². The fourth-order valence-electron chi connectivity index (χ4n) is 1.60. The molecular weight excluding hydrogens is 252 g/mol. The zero-order chi connectivity index (χ0) is 13.8. The van der Waals surface area contributed by atoms with Crippen molar-refractivity contribution in [1.82, 2.24) is 0 Å². The molecule has 3 N–H and O–H groups in total. The molecule has 1 unspecified atom stereocenters. The van der Waals surface area contributed by atoms with E-state index in [4.69, 9.17) is 10.5 Å². The molecule has 100 valence electrons. The zero-order valence-electron chi connectivity index (χ0n) is 10.0. The Morgan fingerprint density at radius 3 is 2.58 bits per heavy atom. The number of nitrogens with two attached hydrogens (primary N) is 1. The molecular formula is C14H13F2NO2. The normalized spacial score (nSPS) is 12.2. The van der Waals surface area contributed by atoms with Crippen molar-refractivity contribution in [3.63, 3.8) is 0 Å². The first-order chi connectivity index (χ1) is 9.06. The lowest BCUT2D eigenvalue weighted by Gasteiger charge is -2.13. The van der Waals surface area contributed by atoms with E-state index in [1.165, 1.54) is 6.07 Å². The number of aliphatic hydroxyl groups is 1. The summed E-state index contributed by atoms with van der Waals surface area (Å²) < 4.78 is 30.9. The van der Waals surface area contributed by atoms with Gasteiger partial charge in [-0.25, -0.2) is 8.78 Å². The monoisotopic (exact) mass is 265 g/mol. The fraction of sp³-hybridized carbons (Fsp3) is 0.143. The highest BCUT2D eigenvalue weighted by Crippen LogP contribution is 2.19. The number of aliphatic hydroxyl groups excluding tert-OH is 1. The maximum atomic E-state index is 12.9. The van der Waals surface area contributed by atoms with Crippen LogP contribution in [0.1, 0.15) is 11.7 Å². The van der Waals surface area contributed by atoms with Crippen LogP contribution in [0.3, 0.4) is 0 Å². The molecule has 0 radical (unpaired) electrons. The lowest BCUT2D eigenvalue weighted by atomic mass is 10.1. The Balaban J connectivity index is 2.00. The van der Waals surface area contributed by atoms with Crippen LogP contribution in [-0.2, 0) is 0 Å². The first kappa shape index (κ1) is 13.3. The Morgan fingerprint density at radius 1 is 1.11 bits per heavy atom. The third kappa shape index (κ3) is 3.42. The minimum Gasteiger partial charge on any atom is -0.490 e. The molecule has 2 aromatic carbocycles. The van der Waals surface area contributed by atoms with Crippen molar-refractivity contribution in [1.29, 1.82) is 0 Å². The molecule has 0 amide bonds. The molecule has 1 atom stereocenters. The molecule has 0 aliphatic rings. The van der Waals surface area contributed by atoms with E-state index < -0.39 is 17.7 Å². The van der Waals surface area contributed by atoms with Crippen LogP contribution in [0.5, 0.6) is 5.75 Å². The topological polar surface area (TPSA) is 55.5 Å². The number of hydrogen-bond acceptors (Lipinski definition) is 3. The molecule has 3 nitrogen and oxygen atoms in total. The summed E-state index contributed by atoms with van der Waals surface area (Å²) in [6.07, 6.45) is -0.892. The van der Waals surface area contributed by atoms with Crippen molar-refractivity contribution in [2.24, 2.45) is 0 Å². The van der Waals surface area contributed by atoms with Crippen molar-refractivity contribution >= 4 is 5.69 Å². The van der Waals surface area contributed by atoms with Crippen LogP contribution in [0.15, 0.2) is 42.5 Å². The van der Waals surface area contributed by atoms with Crippen molar-refractivity contribution < 1.29 is 18.6 Å². The van der Waals surface area contributed by atoms with Crippen LogP contribution in [0.2, 0.25) is 0 Å². The van der Waals surface area contributed by atoms with Gasteiger partial charge in [0.05, 0.1) is 0 Å². The van der Waals surface area contributed by atoms with Crippen molar-refractivity contribution in [3.05, 3.63) is 59.7 Å². The second kappa shape index (κ2) is 5.67. The van der Waals surface area contributed by atoms with Crippen molar-refractivity contribution in [3.8, 4) is 5.75 Å². The molecule has 0 fully saturated rings. The third-order valence-corrected chi connectivity index (χ3v) is 2.59. The summed E-state index contributed by atoms with van der Waals surface area (Å²) in [4.78, 5) is 0. The SMILES string of the molecule is Nc1cccc(C(O)COc2ccc(F)c(F)c2)c1. The summed E-state index contributed by atoms with van der Waals surface area (Å²) in [5.41, 5.74) is 6.73. The number of ether oxygens (including phenoxy) is 1. The van der Waals surface area contributed by atoms with E-state index in [0.29, 0.717) is 11.3 Å². The Kier molecular flexibility index (Phi) is 3.97. The van der Waals surface area contributed by atoms with E-state index >= 15 is 0 Å². The smallest absolute Gasteiger partial charge is 0.162 e. The molecule has 0 aromatic heterocycles. The molecule has 2 rings (SSSR count). The molecule has 0 aliphatic carbocycles. The number of anilines is 1. The highest BCUT2D eigenvalue weighted by molar-refractivity contribution is 5.41. The molecule has 0 bridgehead atoms. The van der Waals surface area contributed by atoms with Gasteiger partial charge in [0.2, 0.25) is 0 Å². The Hall–Kier alpha value is -2.14. The number of benzene rings is 2. The quantitative estimate of drug-likeness (QED) is 0.836. The number of halogens is 2. The summed E-state index contributed by atoms with van der Waals surface area (Å²) in [5, 5.41) is 9.88. The average molecular weight is 265 g/mol. The van der Waals surface area contributed by atoms with E-state index in [0.717, 1.165) is 12.1 Å². The molecule has 0 saturated heterocycles. The van der Waals surface area contributed by atoms with E-state index in [1.54, 1.807) is 24.3 Å². The molecule has 0 heterocycles. The predicted molar refractivity (Wildman–Crippen MR) is 67.7 cm³/mol. The van der Waals surface area contributed by atoms with Crippen molar-refractivity contribution in [2.75, 3.05) is 12.3 Å². The third-order valence-electron chi connectivity index (χ3n) is 2.59. The van der Waals surface area contributed by atoms with E-state index in [1.807, 2.05) is 0 Å². The molecule has 0 spiro atoms. The van der Waals surface area contributed by atoms with Crippen LogP contribution < -0.4 is 10.5 Å². The minimum absolute atomic E-state index is 0.0749. The van der Waals surface area contributed by atoms with Gasteiger partial charge in [0.1, 0.15) is 18.5 Å². The van der Waals surface area contributed by atoms with Gasteiger partial charge in [-0.2, -0.15) is 0 Å². The largest absolute Gasteiger partial charge is 0.490 e. The van der Waals surface area contributed by atoms with Gasteiger partial charge in [0.25, 0.3) is 0 Å². The van der Waals surface area contributed by atoms with Gasteiger partial charge in [0.15, 0.2) is 11.6 Å². The van der Waals surface area contributed by atoms with Gasteiger partial charge < -0.3 is 15.6 Å². The van der Waals surface area contributed by atoms with Gasteiger partial charge in [-0.05, 0) is 29.8 Å². The van der Waals surface area contributed by atoms with Crippen LogP contribution in [0.25, 0.3) is 0 Å². The number of rotatable bonds is 4. The van der Waals surface area contributed by atoms with Crippen LogP contribution in [0.4, 0.5) is 14.5 Å². The molecule has 19 heavy (non-hydrogen) atoms. The molecule has 0 saturated carbocycles. The summed E-state index contributed by atoms with van der Waals surface area (Å²) in [6, 6.07) is 9.94. The lowest BCUT2D eigenvalue weighted by Crippen LogP contribution is -2.10. The summed E-state index contributed by atoms with van der Waals surface area (Å²) in [7, 11) is 0. The van der Waals surface area contributed by atoms with Crippen LogP contribution in [-0.4, -0.2) is 11.7 Å². The summed E-state index contributed by atoms with van der Waals surface area (Å²) in [6.45, 7) is -0.0749. The second-order valence-electron chi connectivity index (χ2n) is 4.07. The van der Waals surface area contributed by atoms with E-state index in [2.05, 4.69) is 0 Å². The Labute approximate surface area is 109 Å². The number of nitrogen functional groups attached to an aromatic ring is 1. The predicted octanol–water partition coefficient (Wildman–Crippen LogP) is 2.66. The fourth-order valence-corrected chi connectivity index (χ4v) is 1.60. The maximum Gasteiger partial charge on any atom is 0.162 e. The van der Waals surface area contributed by atoms with Gasteiger partial charge in [-0.3, -0.25) is 0 Å². The van der Waals surface area contributed by atoms with Crippen LogP contribution >= 0.6 is 0 Å². The standard InChI is InChI=1S/C14H13F2NO2/c15-12-5-4-11(7-13(12)16)19-8-14(18)9-2-1-3-10(17)6-9/h1-7,14,18H,8,17H2. The average Bonchev–Trinajstić information content (AvgIpc) is 2.40. The highest BCUT2D eigenvalue weighted by atomic mass is 19.2. The number of hydrogen-bond donors (Lipinski definition) is 2. The first-order valence-electron chi connectivity index (χ1n) is 5.67. The van der Waals surface area contributed by atoms with Gasteiger partial charge in [-0.1, -0.05) is 12.1 Å². The van der Waals surface area contributed by atoms with Gasteiger partial charge in [-0.15, -0.1) is 0 Å². The first-order valence-corrected chi connectivity index (χ1v) is 5.67. The van der Waals surface area contributed by atoms with Crippen molar-refractivity contribution in [2.45, 2.75) is 6.10 Å².